The summed E-state index contributed by atoms with van der Waals surface area (Å²) in [5.41, 5.74) is 9.71. The van der Waals surface area contributed by atoms with Crippen molar-refractivity contribution in [1.29, 1.82) is 0 Å². The molecule has 124 valence electrons. The number of aryl methyl sites for hydroxylation is 2. The van der Waals surface area contributed by atoms with Gasteiger partial charge in [0.1, 0.15) is 0 Å². The highest BCUT2D eigenvalue weighted by atomic mass is 16.5. The molecule has 0 atom stereocenters. The fourth-order valence-corrected chi connectivity index (χ4v) is 2.92. The molecule has 0 aromatic heterocycles. The van der Waals surface area contributed by atoms with Crippen molar-refractivity contribution in [2.75, 3.05) is 16.8 Å². The number of nitrogens with zero attached hydrogens (tertiary/aromatic N) is 1. The molecule has 1 heterocycles. The quantitative estimate of drug-likeness (QED) is 0.885. The van der Waals surface area contributed by atoms with Crippen molar-refractivity contribution >= 4 is 29.2 Å². The Labute approximate surface area is 140 Å². The van der Waals surface area contributed by atoms with E-state index in [2.05, 4.69) is 5.32 Å². The summed E-state index contributed by atoms with van der Waals surface area (Å²) in [4.78, 5) is 25.2. The van der Waals surface area contributed by atoms with E-state index in [1.165, 1.54) is 4.90 Å². The van der Waals surface area contributed by atoms with E-state index < -0.39 is 12.1 Å². The Bertz CT molecular complexity index is 789. The Morgan fingerprint density at radius 2 is 1.83 bits per heavy atom. The van der Waals surface area contributed by atoms with Gasteiger partial charge in [-0.2, -0.15) is 0 Å². The van der Waals surface area contributed by atoms with Crippen molar-refractivity contribution in [3.05, 3.63) is 53.6 Å². The Morgan fingerprint density at radius 1 is 1.12 bits per heavy atom. The van der Waals surface area contributed by atoms with Crippen molar-refractivity contribution in [1.82, 2.24) is 0 Å². The van der Waals surface area contributed by atoms with E-state index in [1.807, 2.05) is 30.3 Å². The van der Waals surface area contributed by atoms with Crippen molar-refractivity contribution < 1.29 is 14.3 Å². The zero-order chi connectivity index (χ0) is 17.1. The SMILES string of the molecule is CCOC(=O)Nc1ccc2c(c1)N(C(N)=O)c1ccccc1CC2. The highest BCUT2D eigenvalue weighted by Gasteiger charge is 2.24. The average Bonchev–Trinajstić information content (AvgIpc) is 2.71. The summed E-state index contributed by atoms with van der Waals surface area (Å²) in [7, 11) is 0. The molecule has 6 heteroatoms. The van der Waals surface area contributed by atoms with E-state index in [0.29, 0.717) is 11.4 Å². The van der Waals surface area contributed by atoms with Crippen LogP contribution < -0.4 is 16.0 Å². The average molecular weight is 325 g/mol. The van der Waals surface area contributed by atoms with E-state index >= 15 is 0 Å². The molecule has 0 spiro atoms. The summed E-state index contributed by atoms with van der Waals surface area (Å²) in [6.07, 6.45) is 1.07. The summed E-state index contributed by atoms with van der Waals surface area (Å²) in [5.74, 6) is 0. The van der Waals surface area contributed by atoms with Crippen molar-refractivity contribution in [2.24, 2.45) is 5.73 Å². The first-order valence-corrected chi connectivity index (χ1v) is 7.84. The smallest absolute Gasteiger partial charge is 0.411 e. The number of benzene rings is 2. The molecule has 1 aliphatic rings. The first-order valence-electron chi connectivity index (χ1n) is 7.84. The first kappa shape index (κ1) is 15.9. The number of fused-ring (bicyclic) bond motifs is 2. The number of nitrogens with one attached hydrogen (secondary N) is 1. The fraction of sp³-hybridized carbons (Fsp3) is 0.222. The maximum absolute atomic E-state index is 12.1. The molecule has 0 aliphatic carbocycles. The van der Waals surface area contributed by atoms with E-state index in [-0.39, 0.29) is 6.61 Å². The predicted octanol–water partition coefficient (Wildman–Crippen LogP) is 3.57. The number of primary amides is 1. The summed E-state index contributed by atoms with van der Waals surface area (Å²) in [6, 6.07) is 12.6. The highest BCUT2D eigenvalue weighted by Crippen LogP contribution is 2.37. The second-order valence-electron chi connectivity index (χ2n) is 5.49. The van der Waals surface area contributed by atoms with Gasteiger partial charge in [0.2, 0.25) is 0 Å². The van der Waals surface area contributed by atoms with Gasteiger partial charge in [0, 0.05) is 5.69 Å². The number of carbonyl (C=O) groups is 2. The van der Waals surface area contributed by atoms with Crippen LogP contribution in [0.4, 0.5) is 26.7 Å². The topological polar surface area (TPSA) is 84.7 Å². The third-order valence-electron chi connectivity index (χ3n) is 3.96. The normalized spacial score (nSPS) is 12.6. The van der Waals surface area contributed by atoms with Crippen LogP contribution in [0, 0.1) is 0 Å². The van der Waals surface area contributed by atoms with Gasteiger partial charge in [0.05, 0.1) is 18.0 Å². The maximum atomic E-state index is 12.1. The first-order chi connectivity index (χ1) is 11.6. The third-order valence-corrected chi connectivity index (χ3v) is 3.96. The molecule has 0 saturated carbocycles. The Hall–Kier alpha value is -3.02. The van der Waals surface area contributed by atoms with Gasteiger partial charge in [0.15, 0.2) is 0 Å². The van der Waals surface area contributed by atoms with Crippen LogP contribution in [-0.2, 0) is 17.6 Å². The van der Waals surface area contributed by atoms with Crippen molar-refractivity contribution in [3.63, 3.8) is 0 Å². The molecule has 0 fully saturated rings. The van der Waals surface area contributed by atoms with E-state index in [9.17, 15) is 9.59 Å². The fourth-order valence-electron chi connectivity index (χ4n) is 2.92. The van der Waals surface area contributed by atoms with Crippen molar-refractivity contribution in [3.8, 4) is 0 Å². The lowest BCUT2D eigenvalue weighted by Gasteiger charge is -2.23. The Kier molecular flexibility index (Phi) is 4.37. The second kappa shape index (κ2) is 6.62. The van der Waals surface area contributed by atoms with Gasteiger partial charge in [0.25, 0.3) is 0 Å². The number of carbonyl (C=O) groups excluding carboxylic acids is 2. The van der Waals surface area contributed by atoms with Gasteiger partial charge in [-0.3, -0.25) is 10.2 Å². The number of hydrogen-bond donors (Lipinski definition) is 2. The van der Waals surface area contributed by atoms with E-state index in [0.717, 1.165) is 29.7 Å². The largest absolute Gasteiger partial charge is 0.450 e. The van der Waals surface area contributed by atoms with Crippen LogP contribution in [0.1, 0.15) is 18.1 Å². The molecule has 24 heavy (non-hydrogen) atoms. The molecule has 0 bridgehead atoms. The number of rotatable bonds is 2. The summed E-state index contributed by atoms with van der Waals surface area (Å²) in [5, 5.41) is 2.66. The van der Waals surface area contributed by atoms with E-state index in [1.54, 1.807) is 19.1 Å². The molecule has 0 radical (unpaired) electrons. The molecular weight excluding hydrogens is 306 g/mol. The minimum atomic E-state index is -0.557. The summed E-state index contributed by atoms with van der Waals surface area (Å²) < 4.78 is 4.89. The number of para-hydroxylation sites is 1. The van der Waals surface area contributed by atoms with Crippen LogP contribution in [0.25, 0.3) is 0 Å². The number of ether oxygens (including phenoxy) is 1. The van der Waals surface area contributed by atoms with Gasteiger partial charge >= 0.3 is 12.1 Å². The van der Waals surface area contributed by atoms with Crippen LogP contribution in [0.2, 0.25) is 0 Å². The standard InChI is InChI=1S/C18H19N3O3/c1-2-24-18(23)20-14-10-9-13-8-7-12-5-3-4-6-15(12)21(17(19)22)16(13)11-14/h3-6,9-11H,2,7-8H2,1H3,(H2,19,22)(H,20,23). The zero-order valence-corrected chi connectivity index (χ0v) is 13.4. The lowest BCUT2D eigenvalue weighted by atomic mass is 10.0. The lowest BCUT2D eigenvalue weighted by molar-refractivity contribution is 0.168. The Balaban J connectivity index is 2.04. The number of nitrogens with two attached hydrogens (primary N) is 1. The Morgan fingerprint density at radius 3 is 2.54 bits per heavy atom. The molecular formula is C18H19N3O3. The van der Waals surface area contributed by atoms with Crippen molar-refractivity contribution in [2.45, 2.75) is 19.8 Å². The summed E-state index contributed by atoms with van der Waals surface area (Å²) in [6.45, 7) is 2.03. The van der Waals surface area contributed by atoms with Crippen LogP contribution >= 0.6 is 0 Å². The zero-order valence-electron chi connectivity index (χ0n) is 13.4. The van der Waals surface area contributed by atoms with Gasteiger partial charge in [-0.25, -0.2) is 9.59 Å². The minimum Gasteiger partial charge on any atom is -0.450 e. The van der Waals surface area contributed by atoms with Crippen LogP contribution in [0.15, 0.2) is 42.5 Å². The molecule has 0 unspecified atom stereocenters. The molecule has 3 N–H and O–H groups in total. The second-order valence-corrected chi connectivity index (χ2v) is 5.49. The van der Waals surface area contributed by atoms with Gasteiger partial charge in [-0.05, 0) is 49.1 Å². The number of urea groups is 1. The van der Waals surface area contributed by atoms with E-state index in [4.69, 9.17) is 10.5 Å². The molecule has 2 aromatic carbocycles. The minimum absolute atomic E-state index is 0.289. The monoisotopic (exact) mass is 325 g/mol. The highest BCUT2D eigenvalue weighted by molar-refractivity contribution is 6.01. The number of hydrogen-bond acceptors (Lipinski definition) is 3. The maximum Gasteiger partial charge on any atom is 0.411 e. The van der Waals surface area contributed by atoms with Gasteiger partial charge < -0.3 is 10.5 Å². The molecule has 6 nitrogen and oxygen atoms in total. The number of anilines is 3. The predicted molar refractivity (Wildman–Crippen MR) is 92.7 cm³/mol. The van der Waals surface area contributed by atoms with Crippen LogP contribution in [0.3, 0.4) is 0 Å². The lowest BCUT2D eigenvalue weighted by Crippen LogP contribution is -2.32. The summed E-state index contributed by atoms with van der Waals surface area (Å²) >= 11 is 0. The van der Waals surface area contributed by atoms with Crippen LogP contribution in [0.5, 0.6) is 0 Å². The third kappa shape index (κ3) is 3.03. The van der Waals surface area contributed by atoms with Gasteiger partial charge in [-0.15, -0.1) is 0 Å². The number of amides is 3. The molecule has 3 rings (SSSR count). The van der Waals surface area contributed by atoms with Crippen LogP contribution in [-0.4, -0.2) is 18.7 Å². The van der Waals surface area contributed by atoms with Gasteiger partial charge in [-0.1, -0.05) is 24.3 Å². The molecule has 0 saturated heterocycles. The molecule has 2 aromatic rings. The molecule has 1 aliphatic heterocycles. The molecule has 3 amide bonds.